The van der Waals surface area contributed by atoms with Crippen molar-refractivity contribution in [2.24, 2.45) is 0 Å². The van der Waals surface area contributed by atoms with Crippen LogP contribution in [0, 0.1) is 0 Å². The number of rotatable bonds is 53. The Labute approximate surface area is 404 Å². The molecule has 0 fully saturated rings. The molecule has 0 aromatic carbocycles. The first kappa shape index (κ1) is 62.9. The maximum atomic E-state index is 12.8. The van der Waals surface area contributed by atoms with Crippen molar-refractivity contribution in [3.05, 3.63) is 24.3 Å². The highest BCUT2D eigenvalue weighted by atomic mass is 16.6. The number of carbonyl (C=O) groups excluding carboxylic acids is 3. The summed E-state index contributed by atoms with van der Waals surface area (Å²) < 4.78 is 16.9. The van der Waals surface area contributed by atoms with Crippen LogP contribution in [-0.2, 0) is 28.6 Å². The van der Waals surface area contributed by atoms with E-state index in [0.717, 1.165) is 77.0 Å². The molecule has 65 heavy (non-hydrogen) atoms. The second-order valence-corrected chi connectivity index (χ2v) is 19.6. The lowest BCUT2D eigenvalue weighted by atomic mass is 10.0. The van der Waals surface area contributed by atoms with E-state index < -0.39 is 6.10 Å². The van der Waals surface area contributed by atoms with Crippen LogP contribution in [0.5, 0.6) is 0 Å². The molecule has 6 heteroatoms. The van der Waals surface area contributed by atoms with Crippen LogP contribution in [0.25, 0.3) is 0 Å². The molecular formula is C59H110O6. The smallest absolute Gasteiger partial charge is 0.306 e. The molecule has 0 spiro atoms. The number of unbranched alkanes of at least 4 members (excludes halogenated alkanes) is 38. The molecule has 0 radical (unpaired) electrons. The minimum absolute atomic E-state index is 0.0701. The maximum Gasteiger partial charge on any atom is 0.306 e. The average Bonchev–Trinajstić information content (AvgIpc) is 3.30. The third-order valence-electron chi connectivity index (χ3n) is 13.0. The van der Waals surface area contributed by atoms with Crippen molar-refractivity contribution in [1.82, 2.24) is 0 Å². The quantitative estimate of drug-likeness (QED) is 0.0262. The maximum absolute atomic E-state index is 12.8. The molecule has 0 saturated carbocycles. The lowest BCUT2D eigenvalue weighted by Gasteiger charge is -2.18. The average molecular weight is 916 g/mol. The zero-order valence-corrected chi connectivity index (χ0v) is 43.8. The van der Waals surface area contributed by atoms with Crippen molar-refractivity contribution < 1.29 is 28.6 Å². The number of carbonyl (C=O) groups is 3. The summed E-state index contributed by atoms with van der Waals surface area (Å²) in [6.07, 6.45) is 63.0. The molecule has 382 valence electrons. The summed E-state index contributed by atoms with van der Waals surface area (Å²) in [6, 6.07) is 0. The molecule has 0 aromatic heterocycles. The SMILES string of the molecule is CCCCC/C=C\C/C=C\CCCCCCCC(=O)OC[C@H](COC(=O)CCCCCCCCCCCCCCCCCC)OC(=O)CCCCCCCCCCCCCCCCCC. The van der Waals surface area contributed by atoms with Crippen LogP contribution in [-0.4, -0.2) is 37.2 Å². The van der Waals surface area contributed by atoms with E-state index >= 15 is 0 Å². The van der Waals surface area contributed by atoms with Gasteiger partial charge >= 0.3 is 17.9 Å². The topological polar surface area (TPSA) is 78.9 Å². The Bertz CT molecular complexity index is 1050. The first-order valence-corrected chi connectivity index (χ1v) is 28.8. The van der Waals surface area contributed by atoms with E-state index in [9.17, 15) is 14.4 Å². The molecular weight excluding hydrogens is 805 g/mol. The third kappa shape index (κ3) is 52.7. The highest BCUT2D eigenvalue weighted by Crippen LogP contribution is 2.17. The van der Waals surface area contributed by atoms with E-state index in [1.165, 1.54) is 199 Å². The number of ether oxygens (including phenoxy) is 3. The van der Waals surface area contributed by atoms with E-state index in [1.807, 2.05) is 0 Å². The fourth-order valence-corrected chi connectivity index (χ4v) is 8.59. The van der Waals surface area contributed by atoms with Crippen LogP contribution in [0.3, 0.4) is 0 Å². The predicted molar refractivity (Wildman–Crippen MR) is 279 cm³/mol. The van der Waals surface area contributed by atoms with Crippen LogP contribution in [0.4, 0.5) is 0 Å². The first-order valence-electron chi connectivity index (χ1n) is 28.8. The monoisotopic (exact) mass is 915 g/mol. The zero-order valence-electron chi connectivity index (χ0n) is 43.8. The molecule has 0 bridgehead atoms. The molecule has 6 nitrogen and oxygen atoms in total. The van der Waals surface area contributed by atoms with Crippen molar-refractivity contribution in [2.45, 2.75) is 322 Å². The van der Waals surface area contributed by atoms with Gasteiger partial charge in [-0.25, -0.2) is 0 Å². The van der Waals surface area contributed by atoms with Crippen LogP contribution in [0.15, 0.2) is 24.3 Å². The Morgan fingerprint density at radius 2 is 0.554 bits per heavy atom. The van der Waals surface area contributed by atoms with Crippen molar-refractivity contribution in [3.8, 4) is 0 Å². The van der Waals surface area contributed by atoms with Crippen molar-refractivity contribution in [3.63, 3.8) is 0 Å². The van der Waals surface area contributed by atoms with E-state index in [1.54, 1.807) is 0 Å². The summed E-state index contributed by atoms with van der Waals surface area (Å²) in [6.45, 7) is 6.65. The van der Waals surface area contributed by atoms with Gasteiger partial charge in [-0.3, -0.25) is 14.4 Å². The highest BCUT2D eigenvalue weighted by molar-refractivity contribution is 5.71. The van der Waals surface area contributed by atoms with Gasteiger partial charge in [-0.15, -0.1) is 0 Å². The number of hydrogen-bond acceptors (Lipinski definition) is 6. The molecule has 0 saturated heterocycles. The van der Waals surface area contributed by atoms with Crippen molar-refractivity contribution in [2.75, 3.05) is 13.2 Å². The minimum atomic E-state index is -0.771. The molecule has 0 aromatic rings. The molecule has 0 amide bonds. The molecule has 0 heterocycles. The van der Waals surface area contributed by atoms with E-state index in [0.29, 0.717) is 19.3 Å². The van der Waals surface area contributed by atoms with E-state index in [4.69, 9.17) is 14.2 Å². The molecule has 0 N–H and O–H groups in total. The Morgan fingerprint density at radius 1 is 0.308 bits per heavy atom. The van der Waals surface area contributed by atoms with Gasteiger partial charge in [-0.05, 0) is 51.4 Å². The minimum Gasteiger partial charge on any atom is -0.462 e. The Morgan fingerprint density at radius 3 is 0.877 bits per heavy atom. The van der Waals surface area contributed by atoms with Gasteiger partial charge in [0.15, 0.2) is 6.10 Å². The lowest BCUT2D eigenvalue weighted by Crippen LogP contribution is -2.30. The molecule has 0 aliphatic heterocycles. The van der Waals surface area contributed by atoms with Gasteiger partial charge in [0.1, 0.15) is 13.2 Å². The summed E-state index contributed by atoms with van der Waals surface area (Å²) in [5.74, 6) is -0.862. The molecule has 0 aliphatic rings. The van der Waals surface area contributed by atoms with Gasteiger partial charge < -0.3 is 14.2 Å². The fourth-order valence-electron chi connectivity index (χ4n) is 8.59. The standard InChI is InChI=1S/C59H110O6/c1-4-7-10-13-16-19-22-25-28-31-34-37-40-43-46-49-52-58(61)64-55-56(54-63-57(60)51-48-45-42-39-36-33-30-27-24-21-18-15-12-9-6-3)65-59(62)53-50-47-44-41-38-35-32-29-26-23-20-17-14-11-8-5-2/h18,21,27,30,56H,4-17,19-20,22-26,28-29,31-55H2,1-3H3/b21-18-,30-27-/t56-/m1/s1. The first-order chi connectivity index (χ1) is 32.0. The summed E-state index contributed by atoms with van der Waals surface area (Å²) >= 11 is 0. The number of esters is 3. The molecule has 0 unspecified atom stereocenters. The summed E-state index contributed by atoms with van der Waals surface area (Å²) in [4.78, 5) is 38.1. The largest absolute Gasteiger partial charge is 0.462 e. The second-order valence-electron chi connectivity index (χ2n) is 19.6. The lowest BCUT2D eigenvalue weighted by molar-refractivity contribution is -0.167. The number of allylic oxidation sites excluding steroid dienone is 4. The van der Waals surface area contributed by atoms with Gasteiger partial charge in [0, 0.05) is 19.3 Å². The van der Waals surface area contributed by atoms with Crippen LogP contribution < -0.4 is 0 Å². The fraction of sp³-hybridized carbons (Fsp3) is 0.881. The number of hydrogen-bond donors (Lipinski definition) is 0. The normalized spacial score (nSPS) is 12.1. The van der Waals surface area contributed by atoms with Crippen LogP contribution >= 0.6 is 0 Å². The summed E-state index contributed by atoms with van der Waals surface area (Å²) in [5.41, 5.74) is 0. The Balaban J connectivity index is 4.34. The third-order valence-corrected chi connectivity index (χ3v) is 13.0. The van der Waals surface area contributed by atoms with Gasteiger partial charge in [0.25, 0.3) is 0 Å². The van der Waals surface area contributed by atoms with Gasteiger partial charge in [0.2, 0.25) is 0 Å². The van der Waals surface area contributed by atoms with E-state index in [-0.39, 0.29) is 31.1 Å². The predicted octanol–water partition coefficient (Wildman–Crippen LogP) is 19.1. The van der Waals surface area contributed by atoms with E-state index in [2.05, 4.69) is 45.1 Å². The second kappa shape index (κ2) is 54.5. The summed E-state index contributed by atoms with van der Waals surface area (Å²) in [7, 11) is 0. The highest BCUT2D eigenvalue weighted by Gasteiger charge is 2.19. The van der Waals surface area contributed by atoms with Crippen molar-refractivity contribution in [1.29, 1.82) is 0 Å². The summed E-state index contributed by atoms with van der Waals surface area (Å²) in [5, 5.41) is 0. The molecule has 0 aliphatic carbocycles. The van der Waals surface area contributed by atoms with Crippen LogP contribution in [0.1, 0.15) is 316 Å². The van der Waals surface area contributed by atoms with Gasteiger partial charge in [-0.2, -0.15) is 0 Å². The van der Waals surface area contributed by atoms with Crippen LogP contribution in [0.2, 0.25) is 0 Å². The van der Waals surface area contributed by atoms with Crippen molar-refractivity contribution >= 4 is 17.9 Å². The zero-order chi connectivity index (χ0) is 47.2. The Hall–Kier alpha value is -2.11. The molecule has 0 rings (SSSR count). The Kier molecular flexibility index (Phi) is 52.7. The van der Waals surface area contributed by atoms with Gasteiger partial charge in [0.05, 0.1) is 0 Å². The molecule has 1 atom stereocenters. The van der Waals surface area contributed by atoms with Gasteiger partial charge in [-0.1, -0.05) is 270 Å².